The second-order valence-electron chi connectivity index (χ2n) is 8.26. The Morgan fingerprint density at radius 2 is 2.14 bits per heavy atom. The molecule has 2 aliphatic rings. The Bertz CT molecular complexity index is 863. The summed E-state index contributed by atoms with van der Waals surface area (Å²) < 4.78 is 13.6. The molecule has 3 atom stereocenters. The Morgan fingerprint density at radius 1 is 1.34 bits per heavy atom. The number of aromatic nitrogens is 4. The van der Waals surface area contributed by atoms with Gasteiger partial charge in [0.2, 0.25) is 5.95 Å². The molecule has 9 nitrogen and oxygen atoms in total. The zero-order valence-corrected chi connectivity index (χ0v) is 17.1. The maximum atomic E-state index is 12.2. The normalized spacial score (nSPS) is 25.4. The van der Waals surface area contributed by atoms with Gasteiger partial charge in [0.25, 0.3) is 0 Å². The summed E-state index contributed by atoms with van der Waals surface area (Å²) >= 11 is 0. The van der Waals surface area contributed by atoms with Gasteiger partial charge in [-0.2, -0.15) is 9.97 Å². The van der Waals surface area contributed by atoms with Gasteiger partial charge in [0.15, 0.2) is 17.0 Å². The van der Waals surface area contributed by atoms with Crippen LogP contribution in [-0.2, 0) is 14.3 Å². The second-order valence-corrected chi connectivity index (χ2v) is 8.26. The summed E-state index contributed by atoms with van der Waals surface area (Å²) in [5.41, 5.74) is 7.13. The highest BCUT2D eigenvalue weighted by atomic mass is 16.6. The van der Waals surface area contributed by atoms with Crippen LogP contribution in [0, 0.1) is 11.8 Å². The topological polar surface area (TPSA) is 117 Å². The number of hydrogen-bond donors (Lipinski definition) is 2. The Balaban J connectivity index is 1.38. The average Bonchev–Trinajstić information content (AvgIpc) is 3.29. The zero-order valence-electron chi connectivity index (χ0n) is 17.1. The molecule has 0 amide bonds. The maximum Gasteiger partial charge on any atom is 0.306 e. The molecule has 1 aliphatic carbocycles. The lowest BCUT2D eigenvalue weighted by atomic mass is 9.87. The minimum Gasteiger partial charge on any atom is -0.463 e. The Labute approximate surface area is 170 Å². The Hall–Kier alpha value is -2.42. The number of carbonyl (C=O) groups excluding carboxylic acids is 1. The highest BCUT2D eigenvalue weighted by molar-refractivity contribution is 5.84. The van der Waals surface area contributed by atoms with Crippen LogP contribution in [0.5, 0.6) is 0 Å². The van der Waals surface area contributed by atoms with E-state index in [-0.39, 0.29) is 36.8 Å². The molecule has 158 valence electrons. The number of nitrogens with zero attached hydrogens (tertiary/aromatic N) is 4. The molecule has 1 saturated heterocycles. The van der Waals surface area contributed by atoms with Crippen molar-refractivity contribution in [2.45, 2.75) is 64.2 Å². The van der Waals surface area contributed by atoms with Crippen molar-refractivity contribution in [2.75, 3.05) is 24.7 Å². The van der Waals surface area contributed by atoms with E-state index in [2.05, 4.69) is 27.2 Å². The van der Waals surface area contributed by atoms with Gasteiger partial charge in [-0.25, -0.2) is 4.98 Å². The van der Waals surface area contributed by atoms with Gasteiger partial charge in [-0.3, -0.25) is 9.36 Å². The highest BCUT2D eigenvalue weighted by Gasteiger charge is 2.35. The van der Waals surface area contributed by atoms with Gasteiger partial charge in [0.05, 0.1) is 12.4 Å². The number of fused-ring (bicyclic) bond motifs is 1. The van der Waals surface area contributed by atoms with Crippen molar-refractivity contribution < 1.29 is 14.3 Å². The number of nitrogens with one attached hydrogen (secondary N) is 1. The first-order valence-corrected chi connectivity index (χ1v) is 10.5. The fourth-order valence-electron chi connectivity index (χ4n) is 4.53. The lowest BCUT2D eigenvalue weighted by Crippen LogP contribution is -2.21. The van der Waals surface area contributed by atoms with Crippen LogP contribution in [0.3, 0.4) is 0 Å². The fraction of sp³-hybridized carbons (Fsp3) is 0.700. The van der Waals surface area contributed by atoms with Crippen molar-refractivity contribution in [2.24, 2.45) is 11.8 Å². The molecule has 4 rings (SSSR count). The molecule has 2 aromatic heterocycles. The van der Waals surface area contributed by atoms with Gasteiger partial charge in [-0.05, 0) is 25.2 Å². The molecule has 1 saturated carbocycles. The number of imidazole rings is 1. The number of anilines is 2. The largest absolute Gasteiger partial charge is 0.463 e. The molecule has 0 aromatic carbocycles. The second kappa shape index (κ2) is 8.52. The molecule has 29 heavy (non-hydrogen) atoms. The number of nitrogen functional groups attached to an aromatic ring is 1. The molecule has 3 unspecified atom stereocenters. The van der Waals surface area contributed by atoms with Crippen LogP contribution in [0.25, 0.3) is 11.2 Å². The third-order valence-corrected chi connectivity index (χ3v) is 6.01. The smallest absolute Gasteiger partial charge is 0.306 e. The van der Waals surface area contributed by atoms with Crippen molar-refractivity contribution >= 4 is 28.9 Å². The molecule has 0 radical (unpaired) electrons. The maximum absolute atomic E-state index is 12.2. The summed E-state index contributed by atoms with van der Waals surface area (Å²) in [6.45, 7) is 2.40. The number of carbonyl (C=O) groups is 1. The van der Waals surface area contributed by atoms with Crippen molar-refractivity contribution in [3.05, 3.63) is 6.33 Å². The van der Waals surface area contributed by atoms with E-state index in [4.69, 9.17) is 15.2 Å². The van der Waals surface area contributed by atoms with E-state index in [1.54, 1.807) is 13.4 Å². The van der Waals surface area contributed by atoms with Gasteiger partial charge in [-0.1, -0.05) is 26.2 Å². The van der Waals surface area contributed by atoms with Crippen LogP contribution in [0.2, 0.25) is 0 Å². The van der Waals surface area contributed by atoms with E-state index in [0.717, 1.165) is 19.3 Å². The van der Waals surface area contributed by atoms with Crippen LogP contribution in [-0.4, -0.2) is 45.2 Å². The zero-order chi connectivity index (χ0) is 20.4. The Kier molecular flexibility index (Phi) is 5.84. The van der Waals surface area contributed by atoms with E-state index in [1.807, 2.05) is 4.57 Å². The quantitative estimate of drug-likeness (QED) is 0.708. The third kappa shape index (κ3) is 4.29. The van der Waals surface area contributed by atoms with Gasteiger partial charge in [-0.15, -0.1) is 0 Å². The molecule has 3 heterocycles. The molecular formula is C20H30N6O3. The molecule has 3 N–H and O–H groups in total. The average molecular weight is 402 g/mol. The van der Waals surface area contributed by atoms with Crippen molar-refractivity contribution in [3.63, 3.8) is 0 Å². The summed E-state index contributed by atoms with van der Waals surface area (Å²) in [4.78, 5) is 25.2. The first-order chi connectivity index (χ1) is 14.0. The summed E-state index contributed by atoms with van der Waals surface area (Å²) in [6.07, 6.45) is 8.70. The summed E-state index contributed by atoms with van der Waals surface area (Å²) in [7, 11) is 1.77. The van der Waals surface area contributed by atoms with Crippen LogP contribution < -0.4 is 11.1 Å². The number of hydrogen-bond acceptors (Lipinski definition) is 8. The number of nitrogens with two attached hydrogens (primary N) is 1. The predicted molar refractivity (Wildman–Crippen MR) is 109 cm³/mol. The van der Waals surface area contributed by atoms with Crippen molar-refractivity contribution in [3.8, 4) is 0 Å². The summed E-state index contributed by atoms with van der Waals surface area (Å²) in [5, 5.41) is 3.00. The lowest BCUT2D eigenvalue weighted by molar-refractivity contribution is -0.149. The van der Waals surface area contributed by atoms with Gasteiger partial charge >= 0.3 is 5.97 Å². The number of rotatable bonds is 6. The molecule has 0 bridgehead atoms. The first kappa shape index (κ1) is 19.9. The molecule has 9 heteroatoms. The minimum absolute atomic E-state index is 0.108. The van der Waals surface area contributed by atoms with E-state index in [1.165, 1.54) is 19.3 Å². The summed E-state index contributed by atoms with van der Waals surface area (Å²) in [5.74, 6) is 1.37. The molecule has 0 spiro atoms. The molecular weight excluding hydrogens is 372 g/mol. The standard InChI is InChI=1S/C20H30N6O3/c1-12-8-14(10-28-15(27)9-13-6-4-3-5-7-13)29-19(12)26-11-23-16-17(22-2)24-20(21)25-18(16)26/h11-14,19H,3-10H2,1-2H3,(H3,21,22,24,25). The minimum atomic E-state index is -0.235. The van der Waals surface area contributed by atoms with E-state index in [9.17, 15) is 4.79 Å². The van der Waals surface area contributed by atoms with Gasteiger partial charge in [0, 0.05) is 19.4 Å². The lowest BCUT2D eigenvalue weighted by Gasteiger charge is -2.21. The molecule has 2 aromatic rings. The molecule has 1 aliphatic heterocycles. The van der Waals surface area contributed by atoms with Crippen molar-refractivity contribution in [1.82, 2.24) is 19.5 Å². The summed E-state index contributed by atoms with van der Waals surface area (Å²) in [6, 6.07) is 0. The predicted octanol–water partition coefficient (Wildman–Crippen LogP) is 2.89. The SMILES string of the molecule is CNc1nc(N)nc2c1ncn2C1OC(COC(=O)CC2CCCCC2)CC1C. The third-order valence-electron chi connectivity index (χ3n) is 6.01. The number of esters is 1. The van der Waals surface area contributed by atoms with E-state index in [0.29, 0.717) is 29.3 Å². The van der Waals surface area contributed by atoms with Crippen molar-refractivity contribution in [1.29, 1.82) is 0 Å². The first-order valence-electron chi connectivity index (χ1n) is 10.5. The van der Waals surface area contributed by atoms with E-state index >= 15 is 0 Å². The Morgan fingerprint density at radius 3 is 2.90 bits per heavy atom. The van der Waals surface area contributed by atoms with Crippen LogP contribution in [0.4, 0.5) is 11.8 Å². The highest BCUT2D eigenvalue weighted by Crippen LogP contribution is 2.36. The monoisotopic (exact) mass is 402 g/mol. The number of ether oxygens (including phenoxy) is 2. The van der Waals surface area contributed by atoms with Crippen LogP contribution in [0.15, 0.2) is 6.33 Å². The van der Waals surface area contributed by atoms with E-state index < -0.39 is 0 Å². The van der Waals surface area contributed by atoms with Crippen LogP contribution >= 0.6 is 0 Å². The fourth-order valence-corrected chi connectivity index (χ4v) is 4.53. The van der Waals surface area contributed by atoms with Gasteiger partial charge in [0.1, 0.15) is 12.8 Å². The van der Waals surface area contributed by atoms with Gasteiger partial charge < -0.3 is 20.5 Å². The molecule has 2 fully saturated rings. The van der Waals surface area contributed by atoms with Crippen LogP contribution in [0.1, 0.15) is 58.1 Å².